The summed E-state index contributed by atoms with van der Waals surface area (Å²) in [6, 6.07) is 27.3. The summed E-state index contributed by atoms with van der Waals surface area (Å²) >= 11 is 0. The predicted molar refractivity (Wildman–Crippen MR) is 242 cm³/mol. The zero-order valence-corrected chi connectivity index (χ0v) is 34.6. The molecule has 64 heavy (non-hydrogen) atoms. The number of halogens is 2. The maximum Gasteiger partial charge on any atom is 0.319 e. The number of anilines is 4. The Kier molecular flexibility index (Phi) is 12.9. The van der Waals surface area contributed by atoms with Crippen molar-refractivity contribution in [3.05, 3.63) is 155 Å². The van der Waals surface area contributed by atoms with Gasteiger partial charge in [0.2, 0.25) is 6.08 Å². The number of ether oxygens (including phenoxy) is 1. The molecular weight excluding hydrogens is 819 g/mol. The highest BCUT2D eigenvalue weighted by Crippen LogP contribution is 2.37. The van der Waals surface area contributed by atoms with Crippen molar-refractivity contribution < 1.29 is 23.1 Å². The molecule has 15 nitrogen and oxygen atoms in total. The van der Waals surface area contributed by atoms with Crippen LogP contribution in [0.4, 0.5) is 36.6 Å². The highest BCUT2D eigenvalue weighted by atomic mass is 19.1. The first-order chi connectivity index (χ1) is 31.2. The molecule has 2 amide bonds. The Labute approximate surface area is 366 Å². The average Bonchev–Trinajstić information content (AvgIpc) is 4.10. The summed E-state index contributed by atoms with van der Waals surface area (Å²) in [5.41, 5.74) is 31.4. The van der Waals surface area contributed by atoms with Gasteiger partial charge in [-0.05, 0) is 122 Å². The van der Waals surface area contributed by atoms with Crippen LogP contribution < -0.4 is 27.8 Å². The quantitative estimate of drug-likeness (QED) is 0.0553. The monoisotopic (exact) mass is 862 g/mol. The number of aliphatic imine (C=N–C) groups is 1. The summed E-state index contributed by atoms with van der Waals surface area (Å²) in [6.07, 6.45) is 9.00. The maximum absolute atomic E-state index is 13.0. The van der Waals surface area contributed by atoms with Crippen molar-refractivity contribution in [1.29, 1.82) is 0 Å². The lowest BCUT2D eigenvalue weighted by atomic mass is 10.1. The van der Waals surface area contributed by atoms with E-state index in [2.05, 4.69) is 40.1 Å². The number of nitrogens with zero attached hydrogens (tertiary/aromatic N) is 7. The summed E-state index contributed by atoms with van der Waals surface area (Å²) in [6.45, 7) is 1.82. The van der Waals surface area contributed by atoms with Crippen LogP contribution >= 0.6 is 0 Å². The molecule has 5 heterocycles. The minimum absolute atomic E-state index is 0.252. The number of rotatable bonds is 9. The highest BCUT2D eigenvalue weighted by molar-refractivity contribution is 5.93. The van der Waals surface area contributed by atoms with Crippen molar-refractivity contribution in [2.45, 2.75) is 45.3 Å². The number of nitrogens with two attached hydrogens (primary N) is 3. The minimum atomic E-state index is -0.307. The van der Waals surface area contributed by atoms with Crippen molar-refractivity contribution in [3.63, 3.8) is 0 Å². The smallest absolute Gasteiger partial charge is 0.319 e. The number of urea groups is 1. The fraction of sp³-hybridized carbons (Fsp3) is 0.191. The number of nitrogen functional groups attached to an aromatic ring is 3. The van der Waals surface area contributed by atoms with Gasteiger partial charge in [0.25, 0.3) is 0 Å². The third-order valence-electron chi connectivity index (χ3n) is 10.9. The topological polar surface area (TPSA) is 219 Å². The third-order valence-corrected chi connectivity index (χ3v) is 10.9. The van der Waals surface area contributed by atoms with E-state index in [4.69, 9.17) is 21.9 Å². The fourth-order valence-corrected chi connectivity index (χ4v) is 7.91. The van der Waals surface area contributed by atoms with Crippen LogP contribution in [0.5, 0.6) is 0 Å². The van der Waals surface area contributed by atoms with E-state index in [0.717, 1.165) is 74.4 Å². The third kappa shape index (κ3) is 9.40. The molecule has 17 heteroatoms. The second-order valence-corrected chi connectivity index (χ2v) is 15.0. The molecule has 324 valence electrons. The zero-order valence-electron chi connectivity index (χ0n) is 34.6. The van der Waals surface area contributed by atoms with Crippen LogP contribution in [0.3, 0.4) is 0 Å². The number of carbonyl (C=O) groups excluding carboxylic acids is 2. The molecule has 1 aliphatic carbocycles. The molecule has 8 aromatic rings. The Bertz CT molecular complexity index is 2970. The molecule has 0 saturated heterocycles. The number of isocyanates is 1. The number of carbonyl (C=O) groups is 1. The first-order valence-electron chi connectivity index (χ1n) is 20.5. The summed E-state index contributed by atoms with van der Waals surface area (Å²) in [7, 11) is 0. The van der Waals surface area contributed by atoms with E-state index in [1.807, 2.05) is 53.1 Å². The largest absolute Gasteiger partial charge is 0.399 e. The first-order valence-corrected chi connectivity index (χ1v) is 20.5. The summed E-state index contributed by atoms with van der Waals surface area (Å²) in [5.74, 6) is 0.412. The second-order valence-electron chi connectivity index (χ2n) is 15.0. The summed E-state index contributed by atoms with van der Waals surface area (Å²) < 4.78 is 35.2. The molecule has 0 saturated carbocycles. The van der Waals surface area contributed by atoms with Crippen molar-refractivity contribution in [3.8, 4) is 11.4 Å². The van der Waals surface area contributed by atoms with Crippen LogP contribution in [-0.4, -0.2) is 54.3 Å². The number of hydrogen-bond donors (Lipinski definition) is 5. The van der Waals surface area contributed by atoms with Crippen LogP contribution in [0, 0.1) is 11.6 Å². The van der Waals surface area contributed by atoms with E-state index in [1.165, 1.54) is 54.4 Å². The minimum Gasteiger partial charge on any atom is -0.399 e. The lowest BCUT2D eigenvalue weighted by Crippen LogP contribution is -2.30. The van der Waals surface area contributed by atoms with Crippen molar-refractivity contribution in [1.82, 2.24) is 34.4 Å². The highest BCUT2D eigenvalue weighted by Gasteiger charge is 2.27. The molecule has 0 radical (unpaired) electrons. The van der Waals surface area contributed by atoms with E-state index in [0.29, 0.717) is 56.5 Å². The van der Waals surface area contributed by atoms with Gasteiger partial charge in [-0.25, -0.2) is 43.3 Å². The number of aromatic nitrogens is 6. The molecule has 0 atom stereocenters. The Morgan fingerprint density at radius 1 is 0.688 bits per heavy atom. The molecule has 4 aromatic heterocycles. The molecule has 8 N–H and O–H groups in total. The standard InChI is InChI=1S/C23H21FN6O2.C15H15N5.C9H8FNO/c24-15-3-1-14(2-4-15)9-10-26-23(31)29-16-5-7-17(8-6-16)30-19-12-32-11-18(19)20-21(30)22(25)28-13-27-20;16-9-4-6-10(7-5-9)20-12-3-1-2-11(12)13-14(20)15(17)19-8-18-13;10-9-3-1-8(2-4-9)5-6-11-7-12/h1-8,13H,9-12H2,(H2,25,27,28)(H2,26,29,31);4-8H,1-3,16H2,(H2,17,18,19);1-4H,5-6H2. The van der Waals surface area contributed by atoms with Crippen LogP contribution in [-0.2, 0) is 48.4 Å². The molecule has 2 aliphatic rings. The van der Waals surface area contributed by atoms with Crippen LogP contribution in [0.1, 0.15) is 40.1 Å². The van der Waals surface area contributed by atoms with E-state index in [9.17, 15) is 18.4 Å². The fourth-order valence-electron chi connectivity index (χ4n) is 7.91. The van der Waals surface area contributed by atoms with Gasteiger partial charge in [-0.3, -0.25) is 0 Å². The van der Waals surface area contributed by atoms with Gasteiger partial charge in [-0.2, -0.15) is 0 Å². The Morgan fingerprint density at radius 2 is 1.25 bits per heavy atom. The van der Waals surface area contributed by atoms with Crippen molar-refractivity contribution in [2.24, 2.45) is 4.99 Å². The van der Waals surface area contributed by atoms with E-state index in [1.54, 1.807) is 30.6 Å². The average molecular weight is 863 g/mol. The number of benzene rings is 4. The molecular formula is C47H44F2N12O3. The summed E-state index contributed by atoms with van der Waals surface area (Å²) in [4.78, 5) is 42.4. The molecule has 10 rings (SSSR count). The Hall–Kier alpha value is -8.01. The molecule has 1 aliphatic heterocycles. The number of nitrogens with one attached hydrogen (secondary N) is 2. The molecule has 0 fully saturated rings. The molecule has 4 aromatic carbocycles. The Morgan fingerprint density at radius 3 is 1.86 bits per heavy atom. The van der Waals surface area contributed by atoms with Crippen molar-refractivity contribution >= 4 is 57.2 Å². The lowest BCUT2D eigenvalue weighted by molar-refractivity contribution is 0.132. The SMILES string of the molecule is Nc1ccc(-n2c3c(c4ncnc(N)c42)CCC3)cc1.Nc1ncnc2c3c(n(-c4ccc(NC(=O)NCCc5ccc(F)cc5)cc4)c12)COC3.O=C=NCCc1ccc(F)cc1. The molecule has 0 bridgehead atoms. The van der Waals surface area contributed by atoms with E-state index < -0.39 is 0 Å². The number of amides is 2. The zero-order chi connectivity index (χ0) is 44.6. The Balaban J connectivity index is 0.000000148. The van der Waals surface area contributed by atoms with Gasteiger partial charge < -0.3 is 41.7 Å². The first kappa shape index (κ1) is 42.7. The van der Waals surface area contributed by atoms with E-state index >= 15 is 0 Å². The van der Waals surface area contributed by atoms with Gasteiger partial charge in [-0.1, -0.05) is 24.3 Å². The lowest BCUT2D eigenvalue weighted by Gasteiger charge is -2.12. The molecule has 0 unspecified atom stereocenters. The van der Waals surface area contributed by atoms with Gasteiger partial charge in [-0.15, -0.1) is 0 Å². The van der Waals surface area contributed by atoms with Crippen LogP contribution in [0.15, 0.2) is 115 Å². The second kappa shape index (κ2) is 19.4. The van der Waals surface area contributed by atoms with Gasteiger partial charge >= 0.3 is 6.03 Å². The van der Waals surface area contributed by atoms with Gasteiger partial charge in [0.05, 0.1) is 31.0 Å². The summed E-state index contributed by atoms with van der Waals surface area (Å²) in [5, 5.41) is 5.62. The van der Waals surface area contributed by atoms with Gasteiger partial charge in [0.15, 0.2) is 11.6 Å². The number of aryl methyl sites for hydroxylation is 1. The van der Waals surface area contributed by atoms with E-state index in [-0.39, 0.29) is 17.7 Å². The van der Waals surface area contributed by atoms with Crippen molar-refractivity contribution in [2.75, 3.05) is 35.6 Å². The van der Waals surface area contributed by atoms with Gasteiger partial charge in [0.1, 0.15) is 40.8 Å². The maximum atomic E-state index is 13.0. The molecule has 0 spiro atoms. The predicted octanol–water partition coefficient (Wildman–Crippen LogP) is 7.31. The van der Waals surface area contributed by atoms with Crippen LogP contribution in [0.25, 0.3) is 33.4 Å². The number of fused-ring (bicyclic) bond motifs is 6. The van der Waals surface area contributed by atoms with Crippen LogP contribution in [0.2, 0.25) is 0 Å². The normalized spacial score (nSPS) is 12.3. The number of hydrogen-bond acceptors (Lipinski definition) is 11. The van der Waals surface area contributed by atoms with Gasteiger partial charge in [0, 0.05) is 40.6 Å².